The second kappa shape index (κ2) is 5.29. The molecule has 1 heterocycles. The number of aliphatic hydroxyl groups is 1. The van der Waals surface area contributed by atoms with E-state index in [0.29, 0.717) is 13.2 Å². The molecule has 0 atom stereocenters. The van der Waals surface area contributed by atoms with E-state index in [1.165, 1.54) is 0 Å². The van der Waals surface area contributed by atoms with Gasteiger partial charge in [0.25, 0.3) is 0 Å². The second-order valence-electron chi connectivity index (χ2n) is 4.57. The maximum absolute atomic E-state index is 9.35. The minimum absolute atomic E-state index is 0.138. The number of ether oxygens (including phenoxy) is 2. The van der Waals surface area contributed by atoms with Crippen LogP contribution in [0.25, 0.3) is 0 Å². The maximum atomic E-state index is 9.35. The summed E-state index contributed by atoms with van der Waals surface area (Å²) in [7, 11) is 0. The maximum Gasteiger partial charge on any atom is 0.119 e. The van der Waals surface area contributed by atoms with Crippen LogP contribution in [0.5, 0.6) is 5.75 Å². The molecular formula is C13H18O3S. The quantitative estimate of drug-likeness (QED) is 0.875. The third kappa shape index (κ3) is 3.15. The molecule has 0 unspecified atom stereocenters. The van der Waals surface area contributed by atoms with Crippen LogP contribution in [0.4, 0.5) is 0 Å². The van der Waals surface area contributed by atoms with Crippen LogP contribution in [0, 0.1) is 0 Å². The smallest absolute Gasteiger partial charge is 0.119 e. The van der Waals surface area contributed by atoms with Crippen molar-refractivity contribution in [1.82, 2.24) is 0 Å². The summed E-state index contributed by atoms with van der Waals surface area (Å²) >= 11 is 1.67. The van der Waals surface area contributed by atoms with E-state index in [1.807, 2.05) is 38.1 Å². The van der Waals surface area contributed by atoms with E-state index in [1.54, 1.807) is 11.8 Å². The van der Waals surface area contributed by atoms with Gasteiger partial charge in [-0.2, -0.15) is 0 Å². The second-order valence-corrected chi connectivity index (χ2v) is 6.12. The molecule has 0 radical (unpaired) electrons. The Morgan fingerprint density at radius 2 is 2.00 bits per heavy atom. The molecule has 0 bridgehead atoms. The van der Waals surface area contributed by atoms with Crippen LogP contribution in [0.15, 0.2) is 29.2 Å². The summed E-state index contributed by atoms with van der Waals surface area (Å²) in [5.74, 6) is 0.882. The Morgan fingerprint density at radius 3 is 2.41 bits per heavy atom. The van der Waals surface area contributed by atoms with Crippen LogP contribution >= 0.6 is 11.8 Å². The molecule has 17 heavy (non-hydrogen) atoms. The molecule has 1 N–H and O–H groups in total. The summed E-state index contributed by atoms with van der Waals surface area (Å²) in [6.45, 7) is 5.42. The van der Waals surface area contributed by atoms with Crippen LogP contribution in [0.3, 0.4) is 0 Å². The van der Waals surface area contributed by atoms with Crippen molar-refractivity contribution in [3.8, 4) is 5.75 Å². The molecule has 0 saturated carbocycles. The van der Waals surface area contributed by atoms with Crippen molar-refractivity contribution >= 4 is 11.8 Å². The Morgan fingerprint density at radius 1 is 1.35 bits per heavy atom. The largest absolute Gasteiger partial charge is 0.491 e. The first kappa shape index (κ1) is 12.7. The lowest BCUT2D eigenvalue weighted by molar-refractivity contribution is -0.0318. The van der Waals surface area contributed by atoms with Crippen molar-refractivity contribution in [2.24, 2.45) is 0 Å². The Bertz CT molecular complexity index is 352. The molecule has 0 spiro atoms. The van der Waals surface area contributed by atoms with Crippen LogP contribution in [0.2, 0.25) is 0 Å². The van der Waals surface area contributed by atoms with Gasteiger partial charge in [-0.15, -0.1) is 11.8 Å². The molecule has 1 aliphatic heterocycles. The van der Waals surface area contributed by atoms with Crippen molar-refractivity contribution in [3.63, 3.8) is 0 Å². The van der Waals surface area contributed by atoms with E-state index in [0.717, 1.165) is 10.6 Å². The predicted molar refractivity (Wildman–Crippen MR) is 68.7 cm³/mol. The summed E-state index contributed by atoms with van der Waals surface area (Å²) in [6, 6.07) is 7.98. The standard InChI is InChI=1S/C13H18O3S/c1-10(2)16-11-3-5-12(6-4-11)17-13(7-14)8-15-9-13/h3-6,10,14H,7-9H2,1-2H3. The van der Waals surface area contributed by atoms with E-state index < -0.39 is 0 Å². The average molecular weight is 254 g/mol. The van der Waals surface area contributed by atoms with E-state index in [2.05, 4.69) is 0 Å². The first-order valence-electron chi connectivity index (χ1n) is 5.78. The number of benzene rings is 1. The zero-order valence-corrected chi connectivity index (χ0v) is 11.0. The molecule has 1 aromatic rings. The molecule has 1 fully saturated rings. The first-order valence-corrected chi connectivity index (χ1v) is 6.59. The molecule has 0 aromatic heterocycles. The van der Waals surface area contributed by atoms with Crippen molar-refractivity contribution in [1.29, 1.82) is 0 Å². The summed E-state index contributed by atoms with van der Waals surface area (Å²) in [6.07, 6.45) is 0.192. The minimum atomic E-state index is -0.138. The SMILES string of the molecule is CC(C)Oc1ccc(SC2(CO)COC2)cc1. The van der Waals surface area contributed by atoms with Gasteiger partial charge < -0.3 is 14.6 Å². The van der Waals surface area contributed by atoms with Gasteiger partial charge in [0.1, 0.15) is 5.75 Å². The zero-order chi connectivity index (χ0) is 12.3. The highest BCUT2D eigenvalue weighted by Gasteiger charge is 2.39. The fraction of sp³-hybridized carbons (Fsp3) is 0.538. The Balaban J connectivity index is 1.98. The monoisotopic (exact) mass is 254 g/mol. The Hall–Kier alpha value is -0.710. The van der Waals surface area contributed by atoms with Gasteiger partial charge in [0.05, 0.1) is 30.7 Å². The third-order valence-electron chi connectivity index (χ3n) is 2.55. The van der Waals surface area contributed by atoms with Gasteiger partial charge in [-0.3, -0.25) is 0 Å². The topological polar surface area (TPSA) is 38.7 Å². The van der Waals surface area contributed by atoms with Gasteiger partial charge in [-0.25, -0.2) is 0 Å². The highest BCUT2D eigenvalue weighted by atomic mass is 32.2. The van der Waals surface area contributed by atoms with Gasteiger partial charge in [-0.05, 0) is 38.1 Å². The first-order chi connectivity index (χ1) is 8.13. The highest BCUT2D eigenvalue weighted by molar-refractivity contribution is 8.00. The fourth-order valence-corrected chi connectivity index (χ4v) is 2.74. The number of thioether (sulfide) groups is 1. The van der Waals surface area contributed by atoms with Crippen molar-refractivity contribution in [2.45, 2.75) is 29.6 Å². The summed E-state index contributed by atoms with van der Waals surface area (Å²) in [5, 5.41) is 9.35. The van der Waals surface area contributed by atoms with Crippen LogP contribution in [-0.4, -0.2) is 35.8 Å². The molecule has 1 aliphatic rings. The molecule has 4 heteroatoms. The molecule has 1 saturated heterocycles. The van der Waals surface area contributed by atoms with Gasteiger partial charge in [0, 0.05) is 4.90 Å². The number of aliphatic hydroxyl groups excluding tert-OH is 1. The fourth-order valence-electron chi connectivity index (χ4n) is 1.62. The summed E-state index contributed by atoms with van der Waals surface area (Å²) < 4.78 is 10.6. The van der Waals surface area contributed by atoms with Crippen molar-refractivity contribution in [2.75, 3.05) is 19.8 Å². The summed E-state index contributed by atoms with van der Waals surface area (Å²) in [4.78, 5) is 1.14. The number of hydrogen-bond donors (Lipinski definition) is 1. The van der Waals surface area contributed by atoms with Gasteiger partial charge >= 0.3 is 0 Å². The normalized spacial score (nSPS) is 17.9. The van der Waals surface area contributed by atoms with Crippen LogP contribution in [0.1, 0.15) is 13.8 Å². The van der Waals surface area contributed by atoms with Gasteiger partial charge in [-0.1, -0.05) is 0 Å². The summed E-state index contributed by atoms with van der Waals surface area (Å²) in [5.41, 5.74) is 0. The molecule has 94 valence electrons. The molecule has 0 aliphatic carbocycles. The van der Waals surface area contributed by atoms with Crippen LogP contribution < -0.4 is 4.74 Å². The highest BCUT2D eigenvalue weighted by Crippen LogP contribution is 2.38. The zero-order valence-electron chi connectivity index (χ0n) is 10.2. The van der Waals surface area contributed by atoms with Crippen LogP contribution in [-0.2, 0) is 4.74 Å². The van der Waals surface area contributed by atoms with Crippen molar-refractivity contribution < 1.29 is 14.6 Å². The lowest BCUT2D eigenvalue weighted by Gasteiger charge is -2.39. The average Bonchev–Trinajstić information content (AvgIpc) is 2.25. The molecule has 3 nitrogen and oxygen atoms in total. The van der Waals surface area contributed by atoms with E-state index >= 15 is 0 Å². The Kier molecular flexibility index (Phi) is 3.97. The number of rotatable bonds is 5. The van der Waals surface area contributed by atoms with Gasteiger partial charge in [0.15, 0.2) is 0 Å². The van der Waals surface area contributed by atoms with E-state index in [4.69, 9.17) is 9.47 Å². The predicted octanol–water partition coefficient (Wildman–Crippen LogP) is 2.33. The van der Waals surface area contributed by atoms with E-state index in [-0.39, 0.29) is 17.5 Å². The third-order valence-corrected chi connectivity index (χ3v) is 3.85. The lowest BCUT2D eigenvalue weighted by Crippen LogP contribution is -2.49. The molecule has 0 amide bonds. The molecular weight excluding hydrogens is 236 g/mol. The van der Waals surface area contributed by atoms with Gasteiger partial charge in [0.2, 0.25) is 0 Å². The molecule has 2 rings (SSSR count). The van der Waals surface area contributed by atoms with Crippen molar-refractivity contribution in [3.05, 3.63) is 24.3 Å². The molecule has 1 aromatic carbocycles. The Labute approximate surface area is 106 Å². The minimum Gasteiger partial charge on any atom is -0.491 e. The van der Waals surface area contributed by atoms with E-state index in [9.17, 15) is 5.11 Å². The number of hydrogen-bond acceptors (Lipinski definition) is 4. The lowest BCUT2D eigenvalue weighted by atomic mass is 10.1.